The lowest BCUT2D eigenvalue weighted by atomic mass is 10.1. The van der Waals surface area contributed by atoms with Gasteiger partial charge in [-0.05, 0) is 25.5 Å². The molecular weight excluding hydrogens is 258 g/mol. The van der Waals surface area contributed by atoms with Crippen molar-refractivity contribution in [1.82, 2.24) is 5.32 Å². The summed E-state index contributed by atoms with van der Waals surface area (Å²) in [5, 5.41) is 2.31. The fraction of sp³-hybridized carbons (Fsp3) is 0.429. The van der Waals surface area contributed by atoms with Crippen LogP contribution in [0.4, 0.5) is 11.4 Å². The first kappa shape index (κ1) is 14.2. The van der Waals surface area contributed by atoms with Crippen molar-refractivity contribution < 1.29 is 14.3 Å². The molecule has 1 fully saturated rings. The van der Waals surface area contributed by atoms with Gasteiger partial charge in [-0.1, -0.05) is 6.92 Å². The Morgan fingerprint density at radius 1 is 1.45 bits per heavy atom. The van der Waals surface area contributed by atoms with Crippen LogP contribution in [0, 0.1) is 0 Å². The maximum Gasteiger partial charge on any atom is 0.249 e. The molecule has 2 rings (SSSR count). The van der Waals surface area contributed by atoms with E-state index in [1.165, 1.54) is 0 Å². The number of ether oxygens (including phenoxy) is 1. The molecule has 6 nitrogen and oxygen atoms in total. The maximum atomic E-state index is 11.7. The Hall–Kier alpha value is -2.24. The lowest BCUT2D eigenvalue weighted by Crippen LogP contribution is -2.57. The summed E-state index contributed by atoms with van der Waals surface area (Å²) in [6.45, 7) is 4.48. The van der Waals surface area contributed by atoms with Gasteiger partial charge in [0.2, 0.25) is 11.8 Å². The topological polar surface area (TPSA) is 84.7 Å². The number of rotatable bonds is 4. The van der Waals surface area contributed by atoms with E-state index in [9.17, 15) is 9.59 Å². The molecule has 108 valence electrons. The van der Waals surface area contributed by atoms with E-state index in [4.69, 9.17) is 10.5 Å². The van der Waals surface area contributed by atoms with E-state index in [1.54, 1.807) is 30.0 Å². The highest BCUT2D eigenvalue weighted by Crippen LogP contribution is 2.29. The third-order valence-corrected chi connectivity index (χ3v) is 3.21. The summed E-state index contributed by atoms with van der Waals surface area (Å²) in [5.74, 6) is -0.0231. The summed E-state index contributed by atoms with van der Waals surface area (Å²) in [5.41, 5.74) is 7.15. The van der Waals surface area contributed by atoms with Crippen LogP contribution in [0.2, 0.25) is 0 Å². The summed E-state index contributed by atoms with van der Waals surface area (Å²) < 4.78 is 5.57. The van der Waals surface area contributed by atoms with Gasteiger partial charge in [0.25, 0.3) is 0 Å². The van der Waals surface area contributed by atoms with Crippen molar-refractivity contribution in [2.45, 2.75) is 26.3 Å². The molecule has 2 amide bonds. The number of benzene rings is 1. The quantitative estimate of drug-likeness (QED) is 0.631. The Bertz CT molecular complexity index is 530. The molecule has 0 bridgehead atoms. The molecule has 6 heteroatoms. The molecule has 1 aliphatic rings. The average molecular weight is 277 g/mol. The maximum absolute atomic E-state index is 11.7. The van der Waals surface area contributed by atoms with Crippen molar-refractivity contribution in [3.05, 3.63) is 18.2 Å². The molecule has 1 unspecified atom stereocenters. The number of carbonyl (C=O) groups excluding carboxylic acids is 2. The Morgan fingerprint density at radius 3 is 2.90 bits per heavy atom. The van der Waals surface area contributed by atoms with Gasteiger partial charge in [-0.2, -0.15) is 0 Å². The molecular formula is C14H19N3O3. The van der Waals surface area contributed by atoms with E-state index in [-0.39, 0.29) is 18.4 Å². The first-order valence-corrected chi connectivity index (χ1v) is 6.65. The van der Waals surface area contributed by atoms with Crippen molar-refractivity contribution in [1.29, 1.82) is 0 Å². The summed E-state index contributed by atoms with van der Waals surface area (Å²) in [7, 11) is 0. The van der Waals surface area contributed by atoms with Gasteiger partial charge in [-0.3, -0.25) is 14.9 Å². The van der Waals surface area contributed by atoms with Crippen LogP contribution < -0.4 is 20.7 Å². The number of nitrogens with zero attached hydrogens (tertiary/aromatic N) is 1. The molecule has 1 aromatic carbocycles. The molecule has 0 saturated carbocycles. The Morgan fingerprint density at radius 2 is 2.20 bits per heavy atom. The Kier molecular flexibility index (Phi) is 4.12. The Balaban J connectivity index is 2.27. The molecule has 0 aromatic heterocycles. The number of anilines is 2. The fourth-order valence-corrected chi connectivity index (χ4v) is 2.07. The predicted octanol–water partition coefficient (Wildman–Crippen LogP) is 0.909. The number of imide groups is 1. The van der Waals surface area contributed by atoms with Crippen LogP contribution in [0.1, 0.15) is 20.3 Å². The second kappa shape index (κ2) is 5.81. The van der Waals surface area contributed by atoms with Gasteiger partial charge < -0.3 is 15.4 Å². The van der Waals surface area contributed by atoms with Gasteiger partial charge in [0.05, 0.1) is 18.8 Å². The molecule has 0 radical (unpaired) electrons. The third-order valence-electron chi connectivity index (χ3n) is 3.21. The van der Waals surface area contributed by atoms with Gasteiger partial charge in [-0.15, -0.1) is 0 Å². The van der Waals surface area contributed by atoms with Crippen molar-refractivity contribution in [2.75, 3.05) is 23.8 Å². The van der Waals surface area contributed by atoms with Crippen LogP contribution >= 0.6 is 0 Å². The minimum atomic E-state index is -0.407. The first-order chi connectivity index (χ1) is 9.52. The SMILES string of the molecule is CCCOc1cc(N2CC(=O)NC(=O)C2C)ccc1N. The molecule has 0 spiro atoms. The van der Waals surface area contributed by atoms with E-state index in [2.05, 4.69) is 5.32 Å². The summed E-state index contributed by atoms with van der Waals surface area (Å²) in [6, 6.07) is 4.88. The molecule has 1 saturated heterocycles. The van der Waals surface area contributed by atoms with Gasteiger partial charge >= 0.3 is 0 Å². The molecule has 1 atom stereocenters. The van der Waals surface area contributed by atoms with Crippen LogP contribution in [0.5, 0.6) is 5.75 Å². The van der Waals surface area contributed by atoms with Crippen molar-refractivity contribution in [3.8, 4) is 5.75 Å². The van der Waals surface area contributed by atoms with E-state index in [0.717, 1.165) is 12.1 Å². The highest BCUT2D eigenvalue weighted by atomic mass is 16.5. The summed E-state index contributed by atoms with van der Waals surface area (Å²) in [4.78, 5) is 24.9. The number of hydrogen-bond acceptors (Lipinski definition) is 5. The van der Waals surface area contributed by atoms with Gasteiger partial charge in [0, 0.05) is 11.8 Å². The van der Waals surface area contributed by atoms with Crippen molar-refractivity contribution in [3.63, 3.8) is 0 Å². The molecule has 0 aliphatic carbocycles. The highest BCUT2D eigenvalue weighted by molar-refractivity contribution is 6.04. The van der Waals surface area contributed by atoms with Crippen LogP contribution in [0.3, 0.4) is 0 Å². The smallest absolute Gasteiger partial charge is 0.249 e. The number of hydrogen-bond donors (Lipinski definition) is 2. The highest BCUT2D eigenvalue weighted by Gasteiger charge is 2.30. The number of nitrogens with one attached hydrogen (secondary N) is 1. The molecule has 1 aliphatic heterocycles. The standard InChI is InChI=1S/C14H19N3O3/c1-3-6-20-12-7-10(4-5-11(12)15)17-8-13(18)16-14(19)9(17)2/h4-5,7,9H,3,6,8,15H2,1-2H3,(H,16,18,19). The molecule has 1 heterocycles. The van der Waals surface area contributed by atoms with Crippen LogP contribution in [-0.2, 0) is 9.59 Å². The number of piperazine rings is 1. The molecule has 1 aromatic rings. The average Bonchev–Trinajstić information content (AvgIpc) is 2.42. The second-order valence-corrected chi connectivity index (χ2v) is 4.79. The van der Waals surface area contributed by atoms with E-state index in [0.29, 0.717) is 18.0 Å². The minimum Gasteiger partial charge on any atom is -0.491 e. The lowest BCUT2D eigenvalue weighted by molar-refractivity contribution is -0.132. The molecule has 20 heavy (non-hydrogen) atoms. The minimum absolute atomic E-state index is 0.143. The van der Waals surface area contributed by atoms with E-state index in [1.807, 2.05) is 6.92 Å². The monoisotopic (exact) mass is 277 g/mol. The van der Waals surface area contributed by atoms with E-state index >= 15 is 0 Å². The third kappa shape index (κ3) is 2.84. The lowest BCUT2D eigenvalue weighted by Gasteiger charge is -2.33. The summed E-state index contributed by atoms with van der Waals surface area (Å²) >= 11 is 0. The fourth-order valence-electron chi connectivity index (χ4n) is 2.07. The predicted molar refractivity (Wildman–Crippen MR) is 76.6 cm³/mol. The normalized spacial score (nSPS) is 18.9. The van der Waals surface area contributed by atoms with Crippen LogP contribution in [-0.4, -0.2) is 31.0 Å². The van der Waals surface area contributed by atoms with Gasteiger partial charge in [0.1, 0.15) is 11.8 Å². The van der Waals surface area contributed by atoms with Crippen LogP contribution in [0.25, 0.3) is 0 Å². The summed E-state index contributed by atoms with van der Waals surface area (Å²) in [6.07, 6.45) is 0.880. The first-order valence-electron chi connectivity index (χ1n) is 6.65. The number of carbonyl (C=O) groups is 2. The van der Waals surface area contributed by atoms with Crippen molar-refractivity contribution in [2.24, 2.45) is 0 Å². The van der Waals surface area contributed by atoms with Crippen LogP contribution in [0.15, 0.2) is 18.2 Å². The second-order valence-electron chi connectivity index (χ2n) is 4.79. The van der Waals surface area contributed by atoms with Gasteiger partial charge in [-0.25, -0.2) is 0 Å². The Labute approximate surface area is 117 Å². The number of amides is 2. The largest absolute Gasteiger partial charge is 0.491 e. The zero-order chi connectivity index (χ0) is 14.7. The van der Waals surface area contributed by atoms with E-state index < -0.39 is 6.04 Å². The van der Waals surface area contributed by atoms with Crippen molar-refractivity contribution >= 4 is 23.2 Å². The zero-order valence-electron chi connectivity index (χ0n) is 11.7. The number of nitrogen functional groups attached to an aromatic ring is 1. The molecule has 3 N–H and O–H groups in total. The number of nitrogens with two attached hydrogens (primary N) is 1. The van der Waals surface area contributed by atoms with Gasteiger partial charge in [0.15, 0.2) is 0 Å². The zero-order valence-corrected chi connectivity index (χ0v) is 11.7.